The second-order valence-corrected chi connectivity index (χ2v) is 0.824. The number of hydrogen-bond acceptors (Lipinski definition) is 1. The fourth-order valence-corrected chi connectivity index (χ4v) is 0. The molecule has 0 aromatic heterocycles. The van der Waals surface area contributed by atoms with Crippen molar-refractivity contribution in [3.05, 3.63) is 5.73 Å². The molecule has 0 spiro atoms. The SMILES string of the molecule is [NH-]C(=O)CCl.[Y]. The van der Waals surface area contributed by atoms with Gasteiger partial charge >= 0.3 is 0 Å². The molecule has 1 N–H and O–H groups in total. The Morgan fingerprint density at radius 1 is 1.83 bits per heavy atom. The van der Waals surface area contributed by atoms with E-state index >= 15 is 0 Å². The van der Waals surface area contributed by atoms with Crippen LogP contribution in [-0.4, -0.2) is 11.8 Å². The Balaban J connectivity index is 0. The molecule has 0 saturated carbocycles. The molecule has 0 aliphatic heterocycles. The first-order valence-corrected chi connectivity index (χ1v) is 1.61. The van der Waals surface area contributed by atoms with Crippen molar-refractivity contribution in [3.63, 3.8) is 0 Å². The Kier molecular flexibility index (Phi) is 9.75. The first-order valence-electron chi connectivity index (χ1n) is 1.07. The van der Waals surface area contributed by atoms with Crippen LogP contribution in [0.25, 0.3) is 5.73 Å². The summed E-state index contributed by atoms with van der Waals surface area (Å²) in [5.74, 6) is -0.924. The van der Waals surface area contributed by atoms with Crippen molar-refractivity contribution in [2.75, 3.05) is 5.88 Å². The molecule has 0 unspecified atom stereocenters. The molecule has 0 aliphatic carbocycles. The summed E-state index contributed by atoms with van der Waals surface area (Å²) in [6.45, 7) is 0. The third-order valence-electron chi connectivity index (χ3n) is 0.121. The van der Waals surface area contributed by atoms with Crippen LogP contribution in [0.1, 0.15) is 0 Å². The normalized spacial score (nSPS) is 6.17. The molecule has 4 heteroatoms. The van der Waals surface area contributed by atoms with Gasteiger partial charge in [0.05, 0.1) is 11.8 Å². The van der Waals surface area contributed by atoms with E-state index in [2.05, 4.69) is 0 Å². The number of alkyl halides is 1. The van der Waals surface area contributed by atoms with Gasteiger partial charge in [0.15, 0.2) is 0 Å². The predicted octanol–water partition coefficient (Wildman–Crippen LogP) is 0.801. The second kappa shape index (κ2) is 5.86. The van der Waals surface area contributed by atoms with Crippen molar-refractivity contribution in [1.29, 1.82) is 0 Å². The summed E-state index contributed by atoms with van der Waals surface area (Å²) in [4.78, 5) is 9.35. The van der Waals surface area contributed by atoms with Gasteiger partial charge in [-0.15, -0.1) is 11.6 Å². The average Bonchev–Trinajstić information content (AvgIpc) is 1.38. The fraction of sp³-hybridized carbons (Fsp3) is 0.500. The molecule has 2 nitrogen and oxygen atoms in total. The maximum absolute atomic E-state index is 9.35. The van der Waals surface area contributed by atoms with Gasteiger partial charge in [0.1, 0.15) is 0 Å². The topological polar surface area (TPSA) is 40.9 Å². The molecule has 33 valence electrons. The average molecular weight is 181 g/mol. The number of hydrogen-bond donors (Lipinski definition) is 0. The Morgan fingerprint density at radius 2 is 2.00 bits per heavy atom. The fourth-order valence-electron chi connectivity index (χ4n) is 0. The summed E-state index contributed by atoms with van der Waals surface area (Å²) in [5.41, 5.74) is 6.06. The van der Waals surface area contributed by atoms with Crippen LogP contribution in [0.15, 0.2) is 0 Å². The van der Waals surface area contributed by atoms with Crippen LogP contribution < -0.4 is 0 Å². The first-order chi connectivity index (χ1) is 2.27. The quantitative estimate of drug-likeness (QED) is 0.552. The van der Waals surface area contributed by atoms with E-state index in [1.807, 2.05) is 0 Å². The molecule has 1 radical (unpaired) electrons. The van der Waals surface area contributed by atoms with Gasteiger partial charge in [-0.05, 0) is 0 Å². The zero-order chi connectivity index (χ0) is 4.28. The van der Waals surface area contributed by atoms with E-state index < -0.39 is 5.91 Å². The van der Waals surface area contributed by atoms with Gasteiger partial charge in [-0.2, -0.15) is 0 Å². The van der Waals surface area contributed by atoms with Crippen molar-refractivity contribution in [1.82, 2.24) is 0 Å². The van der Waals surface area contributed by atoms with E-state index in [1.54, 1.807) is 0 Å². The summed E-state index contributed by atoms with van der Waals surface area (Å²) in [7, 11) is 0. The molecule has 0 aliphatic rings. The van der Waals surface area contributed by atoms with Crippen molar-refractivity contribution in [3.8, 4) is 0 Å². The summed E-state index contributed by atoms with van der Waals surface area (Å²) in [6, 6.07) is 0. The molecular formula is C2H3ClNOY-. The Bertz CT molecular complexity index is 48.8. The van der Waals surface area contributed by atoms with Gasteiger partial charge in [0.2, 0.25) is 0 Å². The minimum absolute atomic E-state index is 0. The van der Waals surface area contributed by atoms with Crippen LogP contribution in [0.2, 0.25) is 0 Å². The van der Waals surface area contributed by atoms with E-state index in [0.717, 1.165) is 0 Å². The van der Waals surface area contributed by atoms with E-state index in [1.165, 1.54) is 0 Å². The van der Waals surface area contributed by atoms with E-state index in [4.69, 9.17) is 17.3 Å². The molecule has 0 rings (SSSR count). The Hall–Kier alpha value is 0.864. The summed E-state index contributed by atoms with van der Waals surface area (Å²) < 4.78 is 0. The van der Waals surface area contributed by atoms with Crippen LogP contribution >= 0.6 is 11.6 Å². The van der Waals surface area contributed by atoms with Crippen LogP contribution in [-0.2, 0) is 37.5 Å². The van der Waals surface area contributed by atoms with Gasteiger partial charge in [0.25, 0.3) is 0 Å². The molecule has 0 aromatic carbocycles. The Labute approximate surface area is 66.3 Å². The van der Waals surface area contributed by atoms with Crippen molar-refractivity contribution in [2.24, 2.45) is 0 Å². The van der Waals surface area contributed by atoms with E-state index in [-0.39, 0.29) is 38.6 Å². The molecule has 0 aromatic rings. The molecule has 0 fully saturated rings. The third kappa shape index (κ3) is 8.85. The van der Waals surface area contributed by atoms with E-state index in [0.29, 0.717) is 0 Å². The minimum Gasteiger partial charge on any atom is -0.667 e. The number of nitrogens with one attached hydrogen (secondary N) is 1. The van der Waals surface area contributed by atoms with Crippen LogP contribution in [0.4, 0.5) is 0 Å². The molecule has 1 amide bonds. The minimum atomic E-state index is -0.730. The van der Waals surface area contributed by atoms with Gasteiger partial charge in [-0.3, -0.25) is 0 Å². The van der Waals surface area contributed by atoms with Gasteiger partial charge in [-0.1, -0.05) is 0 Å². The molecule has 6 heavy (non-hydrogen) atoms. The van der Waals surface area contributed by atoms with Crippen LogP contribution in [0, 0.1) is 0 Å². The number of carbonyl (C=O) groups excluding carboxylic acids is 1. The van der Waals surface area contributed by atoms with Crippen molar-refractivity contribution < 1.29 is 37.5 Å². The number of rotatable bonds is 1. The summed E-state index contributed by atoms with van der Waals surface area (Å²) >= 11 is 4.80. The molecular weight excluding hydrogens is 178 g/mol. The van der Waals surface area contributed by atoms with Crippen LogP contribution in [0.3, 0.4) is 0 Å². The molecule has 0 heterocycles. The summed E-state index contributed by atoms with van der Waals surface area (Å²) in [5, 5.41) is 0. The van der Waals surface area contributed by atoms with Gasteiger partial charge in [-0.25, -0.2) is 0 Å². The second-order valence-electron chi connectivity index (χ2n) is 0.557. The first kappa shape index (κ1) is 9.98. The standard InChI is InChI=1S/C2H4ClNO.Y/c3-1-2(4)5;/h1H2,(H2,4,5);/p-1. The third-order valence-corrected chi connectivity index (χ3v) is 0.364. The maximum atomic E-state index is 9.35. The number of carbonyl (C=O) groups is 1. The monoisotopic (exact) mass is 181 g/mol. The zero-order valence-electron chi connectivity index (χ0n) is 3.07. The Morgan fingerprint density at radius 3 is 2.00 bits per heavy atom. The zero-order valence-corrected chi connectivity index (χ0v) is 6.66. The molecule has 0 atom stereocenters. The molecule has 0 saturated heterocycles. The predicted molar refractivity (Wildman–Crippen MR) is 20.0 cm³/mol. The number of amides is 1. The maximum Gasteiger partial charge on any atom is 0.0638 e. The smallest absolute Gasteiger partial charge is 0.0638 e. The van der Waals surface area contributed by atoms with Gasteiger partial charge in [0, 0.05) is 32.7 Å². The largest absolute Gasteiger partial charge is 0.667 e. The molecule has 0 bridgehead atoms. The van der Waals surface area contributed by atoms with Crippen LogP contribution in [0.5, 0.6) is 0 Å². The van der Waals surface area contributed by atoms with Gasteiger partial charge < -0.3 is 10.5 Å². The van der Waals surface area contributed by atoms with Crippen molar-refractivity contribution >= 4 is 17.5 Å². The van der Waals surface area contributed by atoms with Crippen molar-refractivity contribution in [2.45, 2.75) is 0 Å². The summed E-state index contributed by atoms with van der Waals surface area (Å²) in [6.07, 6.45) is 0. The van der Waals surface area contributed by atoms with E-state index in [9.17, 15) is 4.79 Å². The number of halogens is 1.